The average molecular weight is 346 g/mol. The zero-order valence-electron chi connectivity index (χ0n) is 9.52. The highest BCUT2D eigenvalue weighted by atomic mass is 79.9. The predicted octanol–water partition coefficient (Wildman–Crippen LogP) is 3.87. The molecule has 0 radical (unpaired) electrons. The summed E-state index contributed by atoms with van der Waals surface area (Å²) in [5.74, 6) is 0.493. The lowest BCUT2D eigenvalue weighted by molar-refractivity contribution is 0.898. The van der Waals surface area contributed by atoms with Crippen molar-refractivity contribution in [1.29, 1.82) is 0 Å². The van der Waals surface area contributed by atoms with Crippen LogP contribution in [0.15, 0.2) is 38.8 Å². The number of halogens is 2. The summed E-state index contributed by atoms with van der Waals surface area (Å²) in [4.78, 5) is 13.4. The molecule has 0 aliphatic rings. The molecule has 0 fully saturated rings. The minimum atomic E-state index is 0.190. The maximum Gasteiger partial charge on any atom is 0.228 e. The first kappa shape index (κ1) is 13.6. The summed E-state index contributed by atoms with van der Waals surface area (Å²) in [5.41, 5.74) is 0. The van der Waals surface area contributed by atoms with Crippen molar-refractivity contribution in [2.45, 2.75) is 17.0 Å². The topological polar surface area (TPSA) is 50.7 Å². The van der Waals surface area contributed by atoms with E-state index in [1.165, 1.54) is 11.8 Å². The Bertz CT molecular complexity index is 552. The maximum absolute atomic E-state index is 5.86. The fourth-order valence-electron chi connectivity index (χ4n) is 1.24. The van der Waals surface area contributed by atoms with Crippen molar-refractivity contribution in [3.63, 3.8) is 0 Å². The first-order valence-corrected chi connectivity index (χ1v) is 7.25. The van der Waals surface area contributed by atoms with Crippen LogP contribution in [0.4, 0.5) is 5.95 Å². The van der Waals surface area contributed by atoms with E-state index in [-0.39, 0.29) is 5.28 Å². The summed E-state index contributed by atoms with van der Waals surface area (Å²) in [6.45, 7) is 2.71. The number of benzene rings is 1. The van der Waals surface area contributed by atoms with Gasteiger partial charge in [-0.05, 0) is 58.3 Å². The van der Waals surface area contributed by atoms with Gasteiger partial charge in [0, 0.05) is 15.9 Å². The van der Waals surface area contributed by atoms with Crippen molar-refractivity contribution >= 4 is 45.2 Å². The van der Waals surface area contributed by atoms with Crippen LogP contribution in [0.2, 0.25) is 5.28 Å². The molecular weight excluding hydrogens is 336 g/mol. The Morgan fingerprint density at radius 1 is 1.28 bits per heavy atom. The second-order valence-corrected chi connectivity index (χ2v) is 5.47. The van der Waals surface area contributed by atoms with Crippen molar-refractivity contribution in [2.24, 2.45) is 0 Å². The van der Waals surface area contributed by atoms with Crippen LogP contribution in [0.1, 0.15) is 6.92 Å². The number of nitrogens with one attached hydrogen (secondary N) is 1. The van der Waals surface area contributed by atoms with Gasteiger partial charge in [-0.25, -0.2) is 0 Å². The fourth-order valence-corrected chi connectivity index (χ4v) is 2.75. The second-order valence-electron chi connectivity index (χ2n) is 3.27. The monoisotopic (exact) mass is 344 g/mol. The number of hydrogen-bond acceptors (Lipinski definition) is 5. The molecule has 0 saturated heterocycles. The van der Waals surface area contributed by atoms with Crippen LogP contribution in [-0.4, -0.2) is 21.5 Å². The number of hydrogen-bond donors (Lipinski definition) is 1. The largest absolute Gasteiger partial charge is 0.354 e. The molecule has 1 N–H and O–H groups in total. The molecule has 1 aromatic heterocycles. The molecule has 1 heterocycles. The smallest absolute Gasteiger partial charge is 0.228 e. The van der Waals surface area contributed by atoms with Crippen molar-refractivity contribution in [3.05, 3.63) is 34.0 Å². The summed E-state index contributed by atoms with van der Waals surface area (Å²) in [6, 6.07) is 7.87. The molecule has 0 spiro atoms. The standard InChI is InChI=1S/C11H10BrClN4S/c1-2-14-10-15-9(13)16-11(17-10)18-8-6-4-3-5-7(8)12/h3-6H,2H2,1H3,(H,14,15,16,17). The number of anilines is 1. The van der Waals surface area contributed by atoms with Gasteiger partial charge in [0.2, 0.25) is 11.2 Å². The zero-order valence-corrected chi connectivity index (χ0v) is 12.7. The molecule has 4 nitrogen and oxygen atoms in total. The molecular formula is C11H10BrClN4S. The van der Waals surface area contributed by atoms with Crippen LogP contribution >= 0.6 is 39.3 Å². The highest BCUT2D eigenvalue weighted by Gasteiger charge is 2.08. The Morgan fingerprint density at radius 3 is 2.78 bits per heavy atom. The van der Waals surface area contributed by atoms with E-state index in [9.17, 15) is 0 Å². The summed E-state index contributed by atoms with van der Waals surface area (Å²) in [7, 11) is 0. The van der Waals surface area contributed by atoms with Crippen molar-refractivity contribution in [1.82, 2.24) is 15.0 Å². The van der Waals surface area contributed by atoms with Gasteiger partial charge < -0.3 is 5.32 Å². The first-order valence-electron chi connectivity index (χ1n) is 5.27. The van der Waals surface area contributed by atoms with Crippen LogP contribution in [0, 0.1) is 0 Å². The number of nitrogens with zero attached hydrogens (tertiary/aromatic N) is 3. The van der Waals surface area contributed by atoms with Crippen LogP contribution in [-0.2, 0) is 0 Å². The van der Waals surface area contributed by atoms with Crippen LogP contribution in [0.5, 0.6) is 0 Å². The summed E-state index contributed by atoms with van der Waals surface area (Å²) < 4.78 is 0.997. The minimum absolute atomic E-state index is 0.190. The van der Waals surface area contributed by atoms with E-state index in [0.717, 1.165) is 15.9 Å². The lowest BCUT2D eigenvalue weighted by atomic mass is 10.4. The molecule has 0 unspecified atom stereocenters. The quantitative estimate of drug-likeness (QED) is 0.911. The second kappa shape index (κ2) is 6.36. The van der Waals surface area contributed by atoms with Gasteiger partial charge in [-0.3, -0.25) is 0 Å². The Kier molecular flexibility index (Phi) is 4.79. The van der Waals surface area contributed by atoms with Gasteiger partial charge in [-0.1, -0.05) is 12.1 Å². The highest BCUT2D eigenvalue weighted by Crippen LogP contribution is 2.31. The summed E-state index contributed by atoms with van der Waals surface area (Å²) in [5, 5.41) is 3.78. The van der Waals surface area contributed by atoms with E-state index in [1.54, 1.807) is 0 Å². The first-order chi connectivity index (χ1) is 8.69. The van der Waals surface area contributed by atoms with E-state index >= 15 is 0 Å². The third kappa shape index (κ3) is 3.57. The number of aromatic nitrogens is 3. The van der Waals surface area contributed by atoms with Gasteiger partial charge in [0.25, 0.3) is 0 Å². The van der Waals surface area contributed by atoms with Crippen molar-refractivity contribution in [2.75, 3.05) is 11.9 Å². The molecule has 0 amide bonds. The van der Waals surface area contributed by atoms with E-state index in [4.69, 9.17) is 11.6 Å². The Balaban J connectivity index is 2.26. The molecule has 0 aliphatic heterocycles. The van der Waals surface area contributed by atoms with Gasteiger partial charge >= 0.3 is 0 Å². The van der Waals surface area contributed by atoms with E-state index < -0.39 is 0 Å². The zero-order chi connectivity index (χ0) is 13.0. The molecule has 0 atom stereocenters. The van der Waals surface area contributed by atoms with E-state index in [0.29, 0.717) is 11.1 Å². The Labute approximate surface area is 123 Å². The Hall–Kier alpha value is -0.850. The van der Waals surface area contributed by atoms with Gasteiger partial charge in [-0.2, -0.15) is 15.0 Å². The average Bonchev–Trinajstić information content (AvgIpc) is 2.32. The van der Waals surface area contributed by atoms with Gasteiger partial charge in [0.1, 0.15) is 0 Å². The number of rotatable bonds is 4. The third-order valence-electron chi connectivity index (χ3n) is 1.96. The van der Waals surface area contributed by atoms with E-state index in [1.807, 2.05) is 31.2 Å². The van der Waals surface area contributed by atoms with Crippen LogP contribution in [0.3, 0.4) is 0 Å². The molecule has 18 heavy (non-hydrogen) atoms. The fraction of sp³-hybridized carbons (Fsp3) is 0.182. The summed E-state index contributed by atoms with van der Waals surface area (Å²) >= 11 is 10.8. The van der Waals surface area contributed by atoms with Crippen molar-refractivity contribution in [3.8, 4) is 0 Å². The van der Waals surface area contributed by atoms with Gasteiger partial charge in [-0.15, -0.1) is 0 Å². The molecule has 2 aromatic rings. The normalized spacial score (nSPS) is 10.4. The highest BCUT2D eigenvalue weighted by molar-refractivity contribution is 9.10. The van der Waals surface area contributed by atoms with Gasteiger partial charge in [0.05, 0.1) is 0 Å². The maximum atomic E-state index is 5.86. The minimum Gasteiger partial charge on any atom is -0.354 e. The van der Waals surface area contributed by atoms with Crippen LogP contribution < -0.4 is 5.32 Å². The molecule has 0 aliphatic carbocycles. The Morgan fingerprint density at radius 2 is 2.06 bits per heavy atom. The lowest BCUT2D eigenvalue weighted by Gasteiger charge is -2.05. The molecule has 2 rings (SSSR count). The van der Waals surface area contributed by atoms with E-state index in [2.05, 4.69) is 36.2 Å². The van der Waals surface area contributed by atoms with Crippen molar-refractivity contribution < 1.29 is 0 Å². The SMILES string of the molecule is CCNc1nc(Cl)nc(Sc2ccccc2Br)n1. The van der Waals surface area contributed by atoms with Crippen LogP contribution in [0.25, 0.3) is 0 Å². The third-order valence-corrected chi connectivity index (χ3v) is 4.02. The molecule has 0 saturated carbocycles. The molecule has 7 heteroatoms. The lowest BCUT2D eigenvalue weighted by Crippen LogP contribution is -2.04. The molecule has 1 aromatic carbocycles. The molecule has 0 bridgehead atoms. The predicted molar refractivity (Wildman–Crippen MR) is 77.3 cm³/mol. The summed E-state index contributed by atoms with van der Waals surface area (Å²) in [6.07, 6.45) is 0. The van der Waals surface area contributed by atoms with Gasteiger partial charge in [0.15, 0.2) is 5.16 Å². The molecule has 94 valence electrons.